The average Bonchev–Trinajstić information content (AvgIpc) is 2.92. The first-order valence-corrected chi connectivity index (χ1v) is 13.4. The summed E-state index contributed by atoms with van der Waals surface area (Å²) in [5.41, 5.74) is 2.74. The van der Waals surface area contributed by atoms with Crippen molar-refractivity contribution in [3.05, 3.63) is 101 Å². The van der Waals surface area contributed by atoms with Gasteiger partial charge in [-0.25, -0.2) is 0 Å². The van der Waals surface area contributed by atoms with Crippen LogP contribution in [0.25, 0.3) is 0 Å². The molecule has 37 heavy (non-hydrogen) atoms. The first-order valence-electron chi connectivity index (χ1n) is 13.0. The van der Waals surface area contributed by atoms with E-state index in [0.717, 1.165) is 42.4 Å². The van der Waals surface area contributed by atoms with E-state index in [0.29, 0.717) is 23.7 Å². The number of halogens is 1. The normalized spacial score (nSPS) is 14.5. The molecule has 1 atom stereocenters. The highest BCUT2D eigenvalue weighted by molar-refractivity contribution is 6.30. The monoisotopic (exact) mass is 518 g/mol. The van der Waals surface area contributed by atoms with Gasteiger partial charge in [0.2, 0.25) is 11.8 Å². The molecule has 0 unspecified atom stereocenters. The number of hydrogen-bond acceptors (Lipinski definition) is 3. The minimum atomic E-state index is -0.651. The topological polar surface area (TPSA) is 58.6 Å². The predicted molar refractivity (Wildman–Crippen MR) is 148 cm³/mol. The van der Waals surface area contributed by atoms with Gasteiger partial charge in [-0.15, -0.1) is 0 Å². The highest BCUT2D eigenvalue weighted by Gasteiger charge is 2.32. The third kappa shape index (κ3) is 7.83. The summed E-state index contributed by atoms with van der Waals surface area (Å²) in [5, 5.41) is 3.86. The van der Waals surface area contributed by atoms with Crippen LogP contribution in [0.1, 0.15) is 48.8 Å². The number of nitrogens with one attached hydrogen (secondary N) is 1. The SMILES string of the molecule is COc1cccc(CN(C(=O)Cc2cccc(Cl)c2)[C@@H](Cc2ccccc2)C(=O)NC2CCCCC2)c1. The van der Waals surface area contributed by atoms with Gasteiger partial charge in [0.1, 0.15) is 11.8 Å². The molecular formula is C31H35ClN2O3. The second-order valence-corrected chi connectivity index (χ2v) is 10.2. The molecule has 6 heteroatoms. The van der Waals surface area contributed by atoms with Crippen molar-refractivity contribution in [3.63, 3.8) is 0 Å². The average molecular weight is 519 g/mol. The molecule has 0 radical (unpaired) electrons. The Labute approximate surface area is 224 Å². The summed E-state index contributed by atoms with van der Waals surface area (Å²) in [6.45, 7) is 0.298. The number of carbonyl (C=O) groups is 2. The lowest BCUT2D eigenvalue weighted by Crippen LogP contribution is -2.53. The van der Waals surface area contributed by atoms with E-state index < -0.39 is 6.04 Å². The molecule has 1 aliphatic rings. The van der Waals surface area contributed by atoms with Gasteiger partial charge in [-0.2, -0.15) is 0 Å². The number of nitrogens with zero attached hydrogens (tertiary/aromatic N) is 1. The van der Waals surface area contributed by atoms with Gasteiger partial charge >= 0.3 is 0 Å². The molecule has 194 valence electrons. The number of carbonyl (C=O) groups excluding carboxylic acids is 2. The van der Waals surface area contributed by atoms with Crippen molar-refractivity contribution in [3.8, 4) is 5.75 Å². The van der Waals surface area contributed by atoms with Gasteiger partial charge in [-0.3, -0.25) is 9.59 Å². The van der Waals surface area contributed by atoms with Gasteiger partial charge in [0, 0.05) is 24.0 Å². The summed E-state index contributed by atoms with van der Waals surface area (Å²) >= 11 is 6.20. The van der Waals surface area contributed by atoms with Crippen LogP contribution < -0.4 is 10.1 Å². The Bertz CT molecular complexity index is 1180. The lowest BCUT2D eigenvalue weighted by atomic mass is 9.94. The quantitative estimate of drug-likeness (QED) is 0.359. The molecule has 0 aliphatic heterocycles. The Morgan fingerprint density at radius 3 is 2.35 bits per heavy atom. The second-order valence-electron chi connectivity index (χ2n) is 9.73. The zero-order chi connectivity index (χ0) is 26.0. The van der Waals surface area contributed by atoms with E-state index in [-0.39, 0.29) is 24.3 Å². The molecular weight excluding hydrogens is 484 g/mol. The molecule has 1 fully saturated rings. The van der Waals surface area contributed by atoms with E-state index in [1.807, 2.05) is 66.7 Å². The Morgan fingerprint density at radius 1 is 0.919 bits per heavy atom. The van der Waals surface area contributed by atoms with Crippen LogP contribution in [-0.2, 0) is 29.0 Å². The van der Waals surface area contributed by atoms with Crippen LogP contribution in [0.15, 0.2) is 78.9 Å². The largest absolute Gasteiger partial charge is 0.497 e. The summed E-state index contributed by atoms with van der Waals surface area (Å²) in [4.78, 5) is 29.4. The second kappa shape index (κ2) is 13.3. The fourth-order valence-electron chi connectivity index (χ4n) is 4.99. The first kappa shape index (κ1) is 26.7. The highest BCUT2D eigenvalue weighted by Crippen LogP contribution is 2.22. The molecule has 5 nitrogen and oxygen atoms in total. The molecule has 0 aromatic heterocycles. The van der Waals surface area contributed by atoms with Crippen LogP contribution in [0.2, 0.25) is 5.02 Å². The lowest BCUT2D eigenvalue weighted by Gasteiger charge is -2.33. The van der Waals surface area contributed by atoms with E-state index in [1.54, 1.807) is 24.1 Å². The maximum absolute atomic E-state index is 13.9. The third-order valence-electron chi connectivity index (χ3n) is 6.95. The van der Waals surface area contributed by atoms with Crippen LogP contribution in [0.3, 0.4) is 0 Å². The van der Waals surface area contributed by atoms with E-state index in [9.17, 15) is 9.59 Å². The van der Waals surface area contributed by atoms with Crippen molar-refractivity contribution in [1.82, 2.24) is 10.2 Å². The van der Waals surface area contributed by atoms with Crippen molar-refractivity contribution in [1.29, 1.82) is 0 Å². The Hall–Kier alpha value is -3.31. The van der Waals surface area contributed by atoms with Crippen LogP contribution in [0.5, 0.6) is 5.75 Å². The number of hydrogen-bond donors (Lipinski definition) is 1. The van der Waals surface area contributed by atoms with Crippen LogP contribution in [0, 0.1) is 0 Å². The van der Waals surface area contributed by atoms with Crippen molar-refractivity contribution in [2.75, 3.05) is 7.11 Å². The molecule has 0 bridgehead atoms. The van der Waals surface area contributed by atoms with Gasteiger partial charge < -0.3 is 15.0 Å². The van der Waals surface area contributed by atoms with Gasteiger partial charge in [0.05, 0.1) is 13.5 Å². The Kier molecular flexibility index (Phi) is 9.61. The van der Waals surface area contributed by atoms with Crippen LogP contribution >= 0.6 is 11.6 Å². The van der Waals surface area contributed by atoms with Crippen molar-refractivity contribution < 1.29 is 14.3 Å². The fourth-order valence-corrected chi connectivity index (χ4v) is 5.20. The number of amides is 2. The maximum atomic E-state index is 13.9. The van der Waals surface area contributed by atoms with E-state index in [4.69, 9.17) is 16.3 Å². The zero-order valence-electron chi connectivity index (χ0n) is 21.4. The fraction of sp³-hybridized carbons (Fsp3) is 0.355. The minimum absolute atomic E-state index is 0.0990. The van der Waals surface area contributed by atoms with Gasteiger partial charge in [0.25, 0.3) is 0 Å². The van der Waals surface area contributed by atoms with E-state index in [1.165, 1.54) is 6.42 Å². The molecule has 0 saturated heterocycles. The van der Waals surface area contributed by atoms with Crippen LogP contribution in [-0.4, -0.2) is 35.9 Å². The molecule has 3 aromatic rings. The Balaban J connectivity index is 1.66. The summed E-state index contributed by atoms with van der Waals surface area (Å²) in [6.07, 6.45) is 6.01. The van der Waals surface area contributed by atoms with Crippen molar-refractivity contribution in [2.45, 2.75) is 63.6 Å². The molecule has 3 aromatic carbocycles. The Morgan fingerprint density at radius 2 is 1.62 bits per heavy atom. The first-order chi connectivity index (χ1) is 18.0. The van der Waals surface area contributed by atoms with Gasteiger partial charge in [-0.1, -0.05) is 85.5 Å². The molecule has 2 amide bonds. The smallest absolute Gasteiger partial charge is 0.243 e. The number of methoxy groups -OCH3 is 1. The highest BCUT2D eigenvalue weighted by atomic mass is 35.5. The minimum Gasteiger partial charge on any atom is -0.497 e. The van der Waals surface area contributed by atoms with Crippen molar-refractivity contribution in [2.24, 2.45) is 0 Å². The van der Waals surface area contributed by atoms with Gasteiger partial charge in [0.15, 0.2) is 0 Å². The molecule has 0 heterocycles. The van der Waals surface area contributed by atoms with Crippen LogP contribution in [0.4, 0.5) is 0 Å². The third-order valence-corrected chi connectivity index (χ3v) is 7.19. The predicted octanol–water partition coefficient (Wildman–Crippen LogP) is 5.98. The van der Waals surface area contributed by atoms with Gasteiger partial charge in [-0.05, 0) is 53.8 Å². The number of benzene rings is 3. The molecule has 1 N–H and O–H groups in total. The maximum Gasteiger partial charge on any atom is 0.243 e. The summed E-state index contributed by atoms with van der Waals surface area (Å²) in [7, 11) is 1.62. The van der Waals surface area contributed by atoms with E-state index in [2.05, 4.69) is 5.32 Å². The van der Waals surface area contributed by atoms with E-state index >= 15 is 0 Å². The van der Waals surface area contributed by atoms with Crippen molar-refractivity contribution >= 4 is 23.4 Å². The summed E-state index contributed by atoms with van der Waals surface area (Å²) in [5.74, 6) is 0.494. The molecule has 1 saturated carbocycles. The summed E-state index contributed by atoms with van der Waals surface area (Å²) < 4.78 is 5.41. The number of rotatable bonds is 10. The standard InChI is InChI=1S/C31H35ClN2O3/c1-37-28-17-9-13-25(19-28)22-34(30(35)21-24-12-8-14-26(32)18-24)29(20-23-10-4-2-5-11-23)31(36)33-27-15-6-3-7-16-27/h2,4-5,8-14,17-19,27,29H,3,6-7,15-16,20-22H2,1H3,(H,33,36)/t29-/m0/s1. The molecule has 4 rings (SSSR count). The summed E-state index contributed by atoms with van der Waals surface area (Å²) in [6, 6.07) is 24.4. The zero-order valence-corrected chi connectivity index (χ0v) is 22.1. The number of ether oxygens (including phenoxy) is 1. The molecule has 1 aliphatic carbocycles. The molecule has 0 spiro atoms. The lowest BCUT2D eigenvalue weighted by molar-refractivity contribution is -0.141.